The first-order valence-corrected chi connectivity index (χ1v) is 8.03. The Labute approximate surface area is 156 Å². The molecule has 0 unspecified atom stereocenters. The first-order chi connectivity index (χ1) is 12.4. The summed E-state index contributed by atoms with van der Waals surface area (Å²) in [5.74, 6) is -6.47. The number of hydrogen-bond donors (Lipinski definition) is 2. The largest absolute Gasteiger partial charge is 0.460 e. The van der Waals surface area contributed by atoms with Crippen molar-refractivity contribution < 1.29 is 30.7 Å². The van der Waals surface area contributed by atoms with Gasteiger partial charge in [-0.3, -0.25) is 0 Å². The van der Waals surface area contributed by atoms with Crippen LogP contribution in [0.2, 0.25) is 5.28 Å². The molecule has 2 aromatic rings. The Morgan fingerprint density at radius 1 is 0.926 bits per heavy atom. The van der Waals surface area contributed by atoms with E-state index in [2.05, 4.69) is 25.6 Å². The summed E-state index contributed by atoms with van der Waals surface area (Å²) in [5, 5.41) is -0.749. The van der Waals surface area contributed by atoms with E-state index in [1.54, 1.807) is 0 Å². The van der Waals surface area contributed by atoms with Gasteiger partial charge in [-0.2, -0.15) is 45.7 Å². The molecule has 14 heteroatoms. The summed E-state index contributed by atoms with van der Waals surface area (Å²) in [4.78, 5) is 10.6. The lowest BCUT2D eigenvalue weighted by molar-refractivity contribution is -0.330. The molecule has 0 spiro atoms. The van der Waals surface area contributed by atoms with E-state index in [4.69, 9.17) is 11.6 Å². The molecule has 0 atom stereocenters. The van der Waals surface area contributed by atoms with Crippen molar-refractivity contribution in [1.82, 2.24) is 15.0 Å². The van der Waals surface area contributed by atoms with Gasteiger partial charge in [-0.15, -0.1) is 0 Å². The molecule has 5 nitrogen and oxygen atoms in total. The molecule has 0 amide bonds. The number of anilines is 3. The second kappa shape index (κ2) is 7.54. The van der Waals surface area contributed by atoms with Gasteiger partial charge in [0.25, 0.3) is 0 Å². The number of hydrogen-bond acceptors (Lipinski definition) is 6. The summed E-state index contributed by atoms with van der Waals surface area (Å²) in [6, 6.07) is 4.64. The van der Waals surface area contributed by atoms with Gasteiger partial charge in [0, 0.05) is 11.9 Å². The van der Waals surface area contributed by atoms with Gasteiger partial charge in [0.05, 0.1) is 5.69 Å². The number of benzene rings is 1. The topological polar surface area (TPSA) is 62.7 Å². The number of para-hydroxylation sites is 1. The Morgan fingerprint density at radius 2 is 1.52 bits per heavy atom. The zero-order chi connectivity index (χ0) is 20.5. The Kier molecular flexibility index (Phi) is 5.94. The van der Waals surface area contributed by atoms with Crippen LogP contribution in [0, 0.1) is 0 Å². The number of nitrogens with one attached hydrogen (secondary N) is 2. The van der Waals surface area contributed by atoms with E-state index in [1.165, 1.54) is 25.2 Å². The normalized spacial score (nSPS) is 12.8. The van der Waals surface area contributed by atoms with Crippen molar-refractivity contribution in [3.05, 3.63) is 29.5 Å². The molecule has 0 saturated carbocycles. The van der Waals surface area contributed by atoms with E-state index in [0.29, 0.717) is 0 Å². The summed E-state index contributed by atoms with van der Waals surface area (Å²) in [7, 11) is 1.46. The Balaban J connectivity index is 2.35. The fourth-order valence-corrected chi connectivity index (χ4v) is 2.72. The Bertz CT molecular complexity index is 818. The maximum Gasteiger partial charge on any atom is 0.460 e. The van der Waals surface area contributed by atoms with E-state index in [0.717, 1.165) is 6.07 Å². The fraction of sp³-hybridized carbons (Fsp3) is 0.308. The van der Waals surface area contributed by atoms with E-state index in [9.17, 15) is 30.7 Å². The summed E-state index contributed by atoms with van der Waals surface area (Å²) in [5.41, 5.74) is -0.232. The quantitative estimate of drug-likeness (QED) is 0.481. The smallest absolute Gasteiger partial charge is 0.357 e. The van der Waals surface area contributed by atoms with Crippen LogP contribution in [0.4, 0.5) is 48.3 Å². The molecule has 0 aliphatic heterocycles. The van der Waals surface area contributed by atoms with Crippen molar-refractivity contribution in [2.75, 3.05) is 17.7 Å². The monoisotopic (exact) mass is 435 g/mol. The minimum atomic E-state index is -6.42. The first kappa shape index (κ1) is 21.3. The molecule has 27 heavy (non-hydrogen) atoms. The van der Waals surface area contributed by atoms with Crippen LogP contribution >= 0.6 is 23.4 Å². The average molecular weight is 436 g/mol. The van der Waals surface area contributed by atoms with Crippen molar-refractivity contribution in [2.45, 2.75) is 22.2 Å². The predicted molar refractivity (Wildman–Crippen MR) is 85.9 cm³/mol. The van der Waals surface area contributed by atoms with Gasteiger partial charge >= 0.3 is 17.4 Å². The fourth-order valence-electron chi connectivity index (χ4n) is 1.66. The second-order valence-corrected chi connectivity index (χ2v) is 6.31. The van der Waals surface area contributed by atoms with Gasteiger partial charge in [0.1, 0.15) is 0 Å². The van der Waals surface area contributed by atoms with Crippen LogP contribution in [0.1, 0.15) is 0 Å². The Morgan fingerprint density at radius 3 is 2.11 bits per heavy atom. The summed E-state index contributed by atoms with van der Waals surface area (Å²) in [6.45, 7) is 0. The third kappa shape index (κ3) is 4.64. The number of halogens is 8. The average Bonchev–Trinajstić information content (AvgIpc) is 2.54. The van der Waals surface area contributed by atoms with Crippen LogP contribution in [-0.2, 0) is 0 Å². The SMILES string of the molecule is CNc1nc(Cl)nc(Nc2ccccc2SC(F)(F)C(F)(F)C(F)(F)F)n1. The van der Waals surface area contributed by atoms with Crippen LogP contribution in [0.15, 0.2) is 29.2 Å². The van der Waals surface area contributed by atoms with Gasteiger partial charge < -0.3 is 10.6 Å². The number of thioether (sulfide) groups is 1. The molecule has 1 aromatic carbocycles. The van der Waals surface area contributed by atoms with Gasteiger partial charge in [0.15, 0.2) is 0 Å². The molecule has 148 valence electrons. The minimum Gasteiger partial charge on any atom is -0.357 e. The molecule has 0 saturated heterocycles. The zero-order valence-corrected chi connectivity index (χ0v) is 14.7. The Hall–Kier alpha value is -2.02. The minimum absolute atomic E-state index is 0.0107. The van der Waals surface area contributed by atoms with Crippen LogP contribution in [0.25, 0.3) is 0 Å². The van der Waals surface area contributed by atoms with Gasteiger partial charge in [-0.25, -0.2) is 0 Å². The zero-order valence-electron chi connectivity index (χ0n) is 13.1. The third-order valence-corrected chi connectivity index (χ3v) is 4.18. The van der Waals surface area contributed by atoms with Gasteiger partial charge in [0.2, 0.25) is 17.2 Å². The first-order valence-electron chi connectivity index (χ1n) is 6.84. The maximum absolute atomic E-state index is 13.7. The molecule has 2 N–H and O–H groups in total. The number of alkyl halides is 7. The lowest BCUT2D eigenvalue weighted by Crippen LogP contribution is -2.49. The molecule has 1 heterocycles. The third-order valence-electron chi connectivity index (χ3n) is 2.92. The van der Waals surface area contributed by atoms with Crippen molar-refractivity contribution in [3.63, 3.8) is 0 Å². The standard InChI is InChI=1S/C13H9ClF7N5S/c1-22-9-24-8(14)25-10(26-9)23-6-4-2-3-5-7(6)27-13(20,21)11(15,16)12(17,18)19/h2-5H,1H3,(H2,22,23,24,25,26). The summed E-state index contributed by atoms with van der Waals surface area (Å²) in [6.07, 6.45) is -6.42. The van der Waals surface area contributed by atoms with Gasteiger partial charge in [-0.05, 0) is 35.5 Å². The van der Waals surface area contributed by atoms with Crippen molar-refractivity contribution in [1.29, 1.82) is 0 Å². The molecule has 0 radical (unpaired) electrons. The molecular weight excluding hydrogens is 427 g/mol. The van der Waals surface area contributed by atoms with Crippen LogP contribution in [-0.4, -0.2) is 39.4 Å². The maximum atomic E-state index is 13.7. The van der Waals surface area contributed by atoms with E-state index in [1.807, 2.05) is 0 Å². The van der Waals surface area contributed by atoms with E-state index >= 15 is 0 Å². The van der Waals surface area contributed by atoms with E-state index < -0.39 is 34.0 Å². The van der Waals surface area contributed by atoms with Crippen molar-refractivity contribution in [3.8, 4) is 0 Å². The number of rotatable bonds is 6. The highest BCUT2D eigenvalue weighted by Gasteiger charge is 2.73. The van der Waals surface area contributed by atoms with Crippen molar-refractivity contribution in [2.24, 2.45) is 0 Å². The lowest BCUT2D eigenvalue weighted by atomic mass is 10.3. The number of nitrogens with zero attached hydrogens (tertiary/aromatic N) is 3. The van der Waals surface area contributed by atoms with Crippen LogP contribution in [0.3, 0.4) is 0 Å². The summed E-state index contributed by atoms with van der Waals surface area (Å²) < 4.78 is 90.5. The highest BCUT2D eigenvalue weighted by molar-refractivity contribution is 8.00. The van der Waals surface area contributed by atoms with Crippen LogP contribution in [0.5, 0.6) is 0 Å². The molecule has 0 bridgehead atoms. The van der Waals surface area contributed by atoms with Crippen LogP contribution < -0.4 is 10.6 Å². The highest BCUT2D eigenvalue weighted by Crippen LogP contribution is 2.54. The molecule has 0 aliphatic rings. The molecule has 0 fully saturated rings. The predicted octanol–water partition coefficient (Wildman–Crippen LogP) is 5.19. The lowest BCUT2D eigenvalue weighted by Gasteiger charge is -2.28. The molecule has 2 rings (SSSR count). The number of aromatic nitrogens is 3. The summed E-state index contributed by atoms with van der Waals surface area (Å²) >= 11 is 4.71. The second-order valence-electron chi connectivity index (χ2n) is 4.81. The van der Waals surface area contributed by atoms with Crippen molar-refractivity contribution >= 4 is 40.9 Å². The van der Waals surface area contributed by atoms with E-state index in [-0.39, 0.29) is 22.9 Å². The molecular formula is C13H9ClF7N5S. The highest BCUT2D eigenvalue weighted by atomic mass is 35.5. The van der Waals surface area contributed by atoms with Gasteiger partial charge in [-0.1, -0.05) is 12.1 Å². The molecule has 0 aliphatic carbocycles. The molecule has 1 aromatic heterocycles.